The third kappa shape index (κ3) is 3.89. The molecule has 3 nitrogen and oxygen atoms in total. The Balaban J connectivity index is 1.65. The fourth-order valence-corrected chi connectivity index (χ4v) is 3.09. The molecule has 2 aliphatic rings. The minimum absolute atomic E-state index is 0.167. The number of likely N-dealkylation sites (tertiary alicyclic amines) is 1. The molecular formula is C15H28N2O. The monoisotopic (exact) mass is 252 g/mol. The predicted molar refractivity (Wildman–Crippen MR) is 74.5 cm³/mol. The number of rotatable bonds is 2. The van der Waals surface area contributed by atoms with Gasteiger partial charge < -0.3 is 10.2 Å². The summed E-state index contributed by atoms with van der Waals surface area (Å²) in [6, 6.07) is 0.167. The second kappa shape index (κ2) is 6.44. The van der Waals surface area contributed by atoms with Crippen molar-refractivity contribution in [2.75, 3.05) is 19.6 Å². The SMILES string of the molecule is CC1CCC(CNC(=O)N2CCC(C)CC2)CC1. The largest absolute Gasteiger partial charge is 0.338 e. The maximum Gasteiger partial charge on any atom is 0.317 e. The van der Waals surface area contributed by atoms with Crippen LogP contribution in [0.3, 0.4) is 0 Å². The lowest BCUT2D eigenvalue weighted by Crippen LogP contribution is -2.45. The van der Waals surface area contributed by atoms with Crippen molar-refractivity contribution in [3.8, 4) is 0 Å². The van der Waals surface area contributed by atoms with E-state index >= 15 is 0 Å². The Bertz CT molecular complexity index is 264. The average molecular weight is 252 g/mol. The summed E-state index contributed by atoms with van der Waals surface area (Å²) in [5.41, 5.74) is 0. The van der Waals surface area contributed by atoms with Crippen LogP contribution in [0.2, 0.25) is 0 Å². The van der Waals surface area contributed by atoms with Crippen LogP contribution < -0.4 is 5.32 Å². The van der Waals surface area contributed by atoms with E-state index in [-0.39, 0.29) is 6.03 Å². The summed E-state index contributed by atoms with van der Waals surface area (Å²) >= 11 is 0. The smallest absolute Gasteiger partial charge is 0.317 e. The predicted octanol–water partition coefficient (Wildman–Crippen LogP) is 3.25. The maximum atomic E-state index is 12.0. The van der Waals surface area contributed by atoms with Gasteiger partial charge in [-0.3, -0.25) is 0 Å². The van der Waals surface area contributed by atoms with E-state index in [4.69, 9.17) is 0 Å². The average Bonchev–Trinajstić information content (AvgIpc) is 2.38. The lowest BCUT2D eigenvalue weighted by atomic mass is 9.83. The number of hydrogen-bond donors (Lipinski definition) is 1. The van der Waals surface area contributed by atoms with Crippen molar-refractivity contribution in [1.29, 1.82) is 0 Å². The molecule has 2 fully saturated rings. The number of carbonyl (C=O) groups excluding carboxylic acids is 1. The standard InChI is InChI=1S/C15H28N2O/c1-12-3-5-14(6-4-12)11-16-15(18)17-9-7-13(2)8-10-17/h12-14H,3-11H2,1-2H3,(H,16,18). The first-order valence-electron chi connectivity index (χ1n) is 7.68. The summed E-state index contributed by atoms with van der Waals surface area (Å²) in [5, 5.41) is 3.14. The van der Waals surface area contributed by atoms with E-state index in [2.05, 4.69) is 19.2 Å². The van der Waals surface area contributed by atoms with Crippen LogP contribution in [-0.4, -0.2) is 30.6 Å². The molecule has 104 valence electrons. The van der Waals surface area contributed by atoms with Crippen molar-refractivity contribution >= 4 is 6.03 Å². The summed E-state index contributed by atoms with van der Waals surface area (Å²) in [7, 11) is 0. The number of nitrogens with zero attached hydrogens (tertiary/aromatic N) is 1. The van der Waals surface area contributed by atoms with Gasteiger partial charge in [-0.2, -0.15) is 0 Å². The van der Waals surface area contributed by atoms with Crippen LogP contribution in [0.15, 0.2) is 0 Å². The van der Waals surface area contributed by atoms with Crippen LogP contribution in [-0.2, 0) is 0 Å². The second-order valence-electron chi connectivity index (χ2n) is 6.48. The molecule has 2 amide bonds. The number of urea groups is 1. The molecule has 2 rings (SSSR count). The van der Waals surface area contributed by atoms with Gasteiger partial charge in [0.2, 0.25) is 0 Å². The van der Waals surface area contributed by atoms with E-state index in [0.717, 1.165) is 44.3 Å². The molecule has 0 bridgehead atoms. The van der Waals surface area contributed by atoms with Gasteiger partial charge in [-0.05, 0) is 43.4 Å². The van der Waals surface area contributed by atoms with Gasteiger partial charge >= 0.3 is 6.03 Å². The molecule has 18 heavy (non-hydrogen) atoms. The van der Waals surface area contributed by atoms with E-state index in [1.54, 1.807) is 0 Å². The molecule has 1 heterocycles. The quantitative estimate of drug-likeness (QED) is 0.804. The van der Waals surface area contributed by atoms with Crippen LogP contribution in [0.4, 0.5) is 4.79 Å². The van der Waals surface area contributed by atoms with Gasteiger partial charge in [0.05, 0.1) is 0 Å². The van der Waals surface area contributed by atoms with Crippen LogP contribution in [0, 0.1) is 17.8 Å². The molecule has 1 N–H and O–H groups in total. The van der Waals surface area contributed by atoms with E-state index < -0.39 is 0 Å². The number of hydrogen-bond acceptors (Lipinski definition) is 1. The first kappa shape index (κ1) is 13.7. The van der Waals surface area contributed by atoms with Gasteiger partial charge in [0, 0.05) is 19.6 Å². The summed E-state index contributed by atoms with van der Waals surface area (Å²) in [5.74, 6) is 2.39. The Morgan fingerprint density at radius 1 is 1.00 bits per heavy atom. The van der Waals surface area contributed by atoms with E-state index in [9.17, 15) is 4.79 Å². The van der Waals surface area contributed by atoms with Crippen molar-refractivity contribution < 1.29 is 4.79 Å². The molecule has 0 spiro atoms. The zero-order valence-corrected chi connectivity index (χ0v) is 12.0. The molecule has 1 aliphatic carbocycles. The van der Waals surface area contributed by atoms with E-state index in [1.165, 1.54) is 25.7 Å². The first-order chi connectivity index (χ1) is 8.65. The van der Waals surface area contributed by atoms with E-state index in [1.807, 2.05) is 4.90 Å². The maximum absolute atomic E-state index is 12.0. The van der Waals surface area contributed by atoms with Gasteiger partial charge in [-0.15, -0.1) is 0 Å². The highest BCUT2D eigenvalue weighted by molar-refractivity contribution is 5.74. The Kier molecular flexibility index (Phi) is 4.90. The Labute approximate surface area is 111 Å². The summed E-state index contributed by atoms with van der Waals surface area (Å²) in [4.78, 5) is 14.0. The van der Waals surface area contributed by atoms with Gasteiger partial charge in [0.25, 0.3) is 0 Å². The van der Waals surface area contributed by atoms with Crippen molar-refractivity contribution in [2.45, 2.75) is 52.4 Å². The molecular weight excluding hydrogens is 224 g/mol. The number of carbonyl (C=O) groups is 1. The van der Waals surface area contributed by atoms with Gasteiger partial charge in [-0.25, -0.2) is 4.79 Å². The highest BCUT2D eigenvalue weighted by Crippen LogP contribution is 2.27. The van der Waals surface area contributed by atoms with Crippen molar-refractivity contribution in [2.24, 2.45) is 17.8 Å². The number of piperidine rings is 1. The fourth-order valence-electron chi connectivity index (χ4n) is 3.09. The summed E-state index contributed by atoms with van der Waals surface area (Å²) in [6.07, 6.45) is 7.57. The minimum Gasteiger partial charge on any atom is -0.338 e. The van der Waals surface area contributed by atoms with Crippen LogP contribution >= 0.6 is 0 Å². The van der Waals surface area contributed by atoms with Gasteiger partial charge in [0.1, 0.15) is 0 Å². The molecule has 3 heteroatoms. The lowest BCUT2D eigenvalue weighted by molar-refractivity contribution is 0.170. The topological polar surface area (TPSA) is 32.3 Å². The molecule has 0 atom stereocenters. The van der Waals surface area contributed by atoms with Crippen molar-refractivity contribution in [3.63, 3.8) is 0 Å². The Morgan fingerprint density at radius 3 is 2.17 bits per heavy atom. The van der Waals surface area contributed by atoms with Crippen LogP contribution in [0.1, 0.15) is 52.4 Å². The molecule has 1 saturated carbocycles. The lowest BCUT2D eigenvalue weighted by Gasteiger charge is -2.32. The zero-order chi connectivity index (χ0) is 13.0. The second-order valence-corrected chi connectivity index (χ2v) is 6.48. The summed E-state index contributed by atoms with van der Waals surface area (Å²) in [6.45, 7) is 7.38. The Morgan fingerprint density at radius 2 is 1.56 bits per heavy atom. The minimum atomic E-state index is 0.167. The third-order valence-corrected chi connectivity index (χ3v) is 4.75. The Hall–Kier alpha value is -0.730. The molecule has 0 aromatic heterocycles. The molecule has 1 saturated heterocycles. The molecule has 1 aliphatic heterocycles. The van der Waals surface area contributed by atoms with Gasteiger partial charge in [0.15, 0.2) is 0 Å². The molecule has 0 unspecified atom stereocenters. The molecule has 0 aromatic rings. The number of amides is 2. The zero-order valence-electron chi connectivity index (χ0n) is 12.0. The molecule has 0 aromatic carbocycles. The number of nitrogens with one attached hydrogen (secondary N) is 1. The summed E-state index contributed by atoms with van der Waals surface area (Å²) < 4.78 is 0. The first-order valence-corrected chi connectivity index (χ1v) is 7.68. The molecule has 0 radical (unpaired) electrons. The van der Waals surface area contributed by atoms with Crippen LogP contribution in [0.25, 0.3) is 0 Å². The normalized spacial score (nSPS) is 30.2. The van der Waals surface area contributed by atoms with Crippen molar-refractivity contribution in [1.82, 2.24) is 10.2 Å². The highest BCUT2D eigenvalue weighted by Gasteiger charge is 2.22. The van der Waals surface area contributed by atoms with Crippen LogP contribution in [0.5, 0.6) is 0 Å². The van der Waals surface area contributed by atoms with Crippen molar-refractivity contribution in [3.05, 3.63) is 0 Å². The fraction of sp³-hybridized carbons (Fsp3) is 0.933. The highest BCUT2D eigenvalue weighted by atomic mass is 16.2. The van der Waals surface area contributed by atoms with E-state index in [0.29, 0.717) is 5.92 Å². The third-order valence-electron chi connectivity index (χ3n) is 4.75. The van der Waals surface area contributed by atoms with Gasteiger partial charge in [-0.1, -0.05) is 26.7 Å².